The highest BCUT2D eigenvalue weighted by Gasteiger charge is 2.53. The van der Waals surface area contributed by atoms with Crippen molar-refractivity contribution < 1.29 is 22.5 Å². The summed E-state index contributed by atoms with van der Waals surface area (Å²) >= 11 is 0. The van der Waals surface area contributed by atoms with Gasteiger partial charge < -0.3 is 13.9 Å². The zero-order chi connectivity index (χ0) is 14.6. The molecule has 1 fully saturated rings. The Hall–Kier alpha value is -1.02. The first-order valence-corrected chi connectivity index (χ1v) is 5.90. The van der Waals surface area contributed by atoms with E-state index in [1.54, 1.807) is 0 Å². The van der Waals surface area contributed by atoms with E-state index in [0.29, 0.717) is 0 Å². The molecule has 2 heterocycles. The molecule has 1 aromatic heterocycles. The molecule has 1 aromatic rings. The number of hydrogen-bond acceptors (Lipinski definition) is 3. The quantitative estimate of drug-likeness (QED) is 0.733. The Balaban J connectivity index is 2.34. The molecule has 0 amide bonds. The van der Waals surface area contributed by atoms with Crippen LogP contribution in [0.4, 0.5) is 13.2 Å². The van der Waals surface area contributed by atoms with Gasteiger partial charge in [0.05, 0.1) is 16.8 Å². The lowest BCUT2D eigenvalue weighted by Crippen LogP contribution is -2.41. The predicted molar refractivity (Wildman–Crippen MR) is 63.9 cm³/mol. The molecule has 0 unspecified atom stereocenters. The number of alkyl halides is 3. The maximum absolute atomic E-state index is 12.7. The summed E-state index contributed by atoms with van der Waals surface area (Å²) in [4.78, 5) is 3.41. The van der Waals surface area contributed by atoms with E-state index >= 15 is 0 Å². The topological polar surface area (TPSA) is 36.3 Å². The van der Waals surface area contributed by atoms with Gasteiger partial charge in [0.25, 0.3) is 0 Å². The van der Waals surface area contributed by atoms with Crippen LogP contribution in [0, 0.1) is 0 Å². The van der Waals surface area contributed by atoms with Crippen LogP contribution < -0.4 is 5.59 Å². The zero-order valence-corrected chi connectivity index (χ0v) is 11.5. The van der Waals surface area contributed by atoms with Crippen molar-refractivity contribution in [3.63, 3.8) is 0 Å². The van der Waals surface area contributed by atoms with Gasteiger partial charge in [-0.3, -0.25) is 0 Å². The van der Waals surface area contributed by atoms with Gasteiger partial charge in [-0.25, -0.2) is 4.98 Å². The van der Waals surface area contributed by atoms with E-state index in [2.05, 4.69) is 4.98 Å². The van der Waals surface area contributed by atoms with Gasteiger partial charge in [-0.05, 0) is 27.7 Å². The smallest absolute Gasteiger partial charge is 0.398 e. The van der Waals surface area contributed by atoms with Crippen LogP contribution >= 0.6 is 0 Å². The maximum Gasteiger partial charge on any atom is 0.514 e. The predicted octanol–water partition coefficient (Wildman–Crippen LogP) is 1.74. The van der Waals surface area contributed by atoms with Crippen LogP contribution in [0.5, 0.6) is 0 Å². The van der Waals surface area contributed by atoms with E-state index < -0.39 is 30.3 Å². The van der Waals surface area contributed by atoms with Crippen LogP contribution in [0.15, 0.2) is 6.20 Å². The molecule has 0 N–H and O–H groups in total. The van der Waals surface area contributed by atoms with E-state index in [4.69, 9.17) is 9.31 Å². The number of halogens is 3. The first kappa shape index (κ1) is 14.4. The van der Waals surface area contributed by atoms with Gasteiger partial charge >= 0.3 is 13.3 Å². The van der Waals surface area contributed by atoms with Crippen LogP contribution in [0.1, 0.15) is 33.5 Å². The summed E-state index contributed by atoms with van der Waals surface area (Å²) in [6.45, 7) is 7.37. The van der Waals surface area contributed by atoms with Gasteiger partial charge in [0.1, 0.15) is 0 Å². The molecule has 106 valence electrons. The monoisotopic (exact) mass is 276 g/mol. The number of imidazole rings is 1. The average molecular weight is 276 g/mol. The van der Waals surface area contributed by atoms with Gasteiger partial charge in [-0.1, -0.05) is 0 Å². The normalized spacial score (nSPS) is 22.0. The number of rotatable bonds is 1. The molecule has 4 nitrogen and oxygen atoms in total. The summed E-state index contributed by atoms with van der Waals surface area (Å²) in [5.74, 6) is -0.961. The van der Waals surface area contributed by atoms with Crippen LogP contribution in [-0.2, 0) is 22.5 Å². The first-order valence-electron chi connectivity index (χ1n) is 5.90. The van der Waals surface area contributed by atoms with Gasteiger partial charge in [0.2, 0.25) is 5.82 Å². The second-order valence-corrected chi connectivity index (χ2v) is 5.65. The Kier molecular flexibility index (Phi) is 3.02. The van der Waals surface area contributed by atoms with Crippen LogP contribution in [0.2, 0.25) is 0 Å². The largest absolute Gasteiger partial charge is 0.514 e. The Morgan fingerprint density at radius 2 is 1.63 bits per heavy atom. The molecule has 1 saturated heterocycles. The lowest BCUT2D eigenvalue weighted by Gasteiger charge is -2.32. The van der Waals surface area contributed by atoms with Gasteiger partial charge in [-0.15, -0.1) is 0 Å². The first-order chi connectivity index (χ1) is 8.46. The van der Waals surface area contributed by atoms with E-state index in [1.165, 1.54) is 7.05 Å². The zero-order valence-electron chi connectivity index (χ0n) is 11.5. The molecule has 0 aliphatic carbocycles. The molecule has 1 aliphatic rings. The minimum atomic E-state index is -4.49. The molecule has 0 saturated carbocycles. The highest BCUT2D eigenvalue weighted by atomic mass is 19.4. The van der Waals surface area contributed by atoms with Crippen molar-refractivity contribution in [2.45, 2.75) is 45.1 Å². The summed E-state index contributed by atoms with van der Waals surface area (Å²) in [5, 5.41) is 0. The Bertz CT molecular complexity index is 481. The molecule has 8 heteroatoms. The Labute approximate surface area is 110 Å². The number of nitrogens with zero attached hydrogens (tertiary/aromatic N) is 2. The SMILES string of the molecule is Cn1c(B2OC(C)(C)C(C)(C)O2)cnc1C(F)(F)F. The summed E-state index contributed by atoms with van der Waals surface area (Å²) in [6, 6.07) is 0. The van der Waals surface area contributed by atoms with Crippen LogP contribution in [0.3, 0.4) is 0 Å². The summed E-state index contributed by atoms with van der Waals surface area (Å²) in [7, 11) is 0.453. The van der Waals surface area contributed by atoms with Gasteiger partial charge in [-0.2, -0.15) is 13.2 Å². The summed E-state index contributed by atoms with van der Waals surface area (Å²) in [5.41, 5.74) is -0.938. The van der Waals surface area contributed by atoms with Crippen molar-refractivity contribution in [3.05, 3.63) is 12.0 Å². The molecule has 19 heavy (non-hydrogen) atoms. The maximum atomic E-state index is 12.7. The van der Waals surface area contributed by atoms with E-state index in [9.17, 15) is 13.2 Å². The van der Waals surface area contributed by atoms with Gasteiger partial charge in [0, 0.05) is 13.2 Å². The lowest BCUT2D eigenvalue weighted by atomic mass is 9.85. The molecule has 1 aliphatic heterocycles. The number of hydrogen-bond donors (Lipinski definition) is 0. The fraction of sp³-hybridized carbons (Fsp3) is 0.727. The molecule has 0 spiro atoms. The van der Waals surface area contributed by atoms with E-state index in [-0.39, 0.29) is 5.59 Å². The van der Waals surface area contributed by atoms with Crippen molar-refractivity contribution in [2.24, 2.45) is 7.05 Å². The molecule has 0 atom stereocenters. The summed E-state index contributed by atoms with van der Waals surface area (Å²) < 4.78 is 50.4. The second kappa shape index (κ2) is 3.99. The molecule has 2 rings (SSSR count). The van der Waals surface area contributed by atoms with E-state index in [0.717, 1.165) is 10.8 Å². The molecule has 0 radical (unpaired) electrons. The van der Waals surface area contributed by atoms with Crippen molar-refractivity contribution in [1.82, 2.24) is 9.55 Å². The third kappa shape index (κ3) is 2.27. The standard InChI is InChI=1S/C11H16BF3N2O2/c1-9(2)10(3,4)19-12(18-9)7-6-16-8(17(7)5)11(13,14)15/h6H,1-5H3. The van der Waals surface area contributed by atoms with Crippen LogP contribution in [0.25, 0.3) is 0 Å². The molecule has 0 aromatic carbocycles. The third-order valence-electron chi connectivity index (χ3n) is 3.77. The Morgan fingerprint density at radius 1 is 1.16 bits per heavy atom. The molecular weight excluding hydrogens is 260 g/mol. The van der Waals surface area contributed by atoms with Crippen molar-refractivity contribution in [1.29, 1.82) is 0 Å². The third-order valence-corrected chi connectivity index (χ3v) is 3.77. The van der Waals surface area contributed by atoms with Gasteiger partial charge in [0.15, 0.2) is 0 Å². The van der Waals surface area contributed by atoms with Crippen LogP contribution in [-0.4, -0.2) is 27.9 Å². The lowest BCUT2D eigenvalue weighted by molar-refractivity contribution is -0.146. The molecule has 0 bridgehead atoms. The minimum Gasteiger partial charge on any atom is -0.398 e. The second-order valence-electron chi connectivity index (χ2n) is 5.65. The fourth-order valence-corrected chi connectivity index (χ4v) is 1.87. The van der Waals surface area contributed by atoms with E-state index in [1.807, 2.05) is 27.7 Å². The van der Waals surface area contributed by atoms with Crippen molar-refractivity contribution in [2.75, 3.05) is 0 Å². The molecular formula is C11H16BF3N2O2. The Morgan fingerprint density at radius 3 is 2.00 bits per heavy atom. The van der Waals surface area contributed by atoms with Crippen molar-refractivity contribution in [3.8, 4) is 0 Å². The number of aromatic nitrogens is 2. The average Bonchev–Trinajstić information content (AvgIpc) is 2.65. The summed E-state index contributed by atoms with van der Waals surface area (Å²) in [6.07, 6.45) is -3.35. The highest BCUT2D eigenvalue weighted by molar-refractivity contribution is 6.61. The highest BCUT2D eigenvalue weighted by Crippen LogP contribution is 2.36. The fourth-order valence-electron chi connectivity index (χ4n) is 1.87. The minimum absolute atomic E-state index is 0.256. The van der Waals surface area contributed by atoms with Crippen molar-refractivity contribution >= 4 is 12.7 Å².